The van der Waals surface area contributed by atoms with Gasteiger partial charge in [0.05, 0.1) is 10.9 Å². The quantitative estimate of drug-likeness (QED) is 0.840. The van der Waals surface area contributed by atoms with Crippen LogP contribution >= 0.6 is 0 Å². The zero-order chi connectivity index (χ0) is 18.0. The Kier molecular flexibility index (Phi) is 5.11. The number of pyridine rings is 1. The Bertz CT molecular complexity index is 832. The third-order valence-electron chi connectivity index (χ3n) is 4.68. The molecule has 25 heavy (non-hydrogen) atoms. The Morgan fingerprint density at radius 2 is 1.84 bits per heavy atom. The summed E-state index contributed by atoms with van der Waals surface area (Å²) in [4.78, 5) is 6.77. The molecule has 6 heteroatoms. The van der Waals surface area contributed by atoms with E-state index in [0.717, 1.165) is 36.2 Å². The van der Waals surface area contributed by atoms with E-state index in [2.05, 4.69) is 4.98 Å². The number of nitrogens with zero attached hydrogens (tertiary/aromatic N) is 3. The second kappa shape index (κ2) is 7.14. The van der Waals surface area contributed by atoms with Gasteiger partial charge in [0.25, 0.3) is 0 Å². The molecule has 1 fully saturated rings. The fourth-order valence-electron chi connectivity index (χ4n) is 3.39. The van der Waals surface area contributed by atoms with Gasteiger partial charge in [-0.15, -0.1) is 0 Å². The lowest BCUT2D eigenvalue weighted by Gasteiger charge is -2.36. The van der Waals surface area contributed by atoms with Crippen LogP contribution in [-0.2, 0) is 10.0 Å². The fourth-order valence-corrected chi connectivity index (χ4v) is 5.07. The lowest BCUT2D eigenvalue weighted by atomic mass is 9.98. The number of hydrogen-bond donors (Lipinski definition) is 0. The van der Waals surface area contributed by atoms with Crippen molar-refractivity contribution in [2.24, 2.45) is 0 Å². The van der Waals surface area contributed by atoms with Crippen molar-refractivity contribution >= 4 is 15.8 Å². The first-order valence-corrected chi connectivity index (χ1v) is 10.1. The summed E-state index contributed by atoms with van der Waals surface area (Å²) in [7, 11) is 0.344. The zero-order valence-corrected chi connectivity index (χ0v) is 15.8. The van der Waals surface area contributed by atoms with Crippen LogP contribution in [0.2, 0.25) is 0 Å². The van der Waals surface area contributed by atoms with Crippen LogP contribution in [0, 0.1) is 6.92 Å². The highest BCUT2D eigenvalue weighted by Crippen LogP contribution is 2.38. The van der Waals surface area contributed by atoms with Crippen LogP contribution in [-0.4, -0.2) is 38.3 Å². The van der Waals surface area contributed by atoms with Gasteiger partial charge in [0.2, 0.25) is 10.0 Å². The van der Waals surface area contributed by atoms with Gasteiger partial charge in [0.15, 0.2) is 0 Å². The third kappa shape index (κ3) is 3.55. The van der Waals surface area contributed by atoms with Gasteiger partial charge in [-0.05, 0) is 38.0 Å². The lowest BCUT2D eigenvalue weighted by Crippen LogP contribution is -2.39. The van der Waals surface area contributed by atoms with Crippen LogP contribution < -0.4 is 4.90 Å². The molecule has 1 saturated heterocycles. The number of hydrogen-bond acceptors (Lipinski definition) is 4. The molecule has 1 aliphatic heterocycles. The number of aryl methyl sites for hydroxylation is 1. The standard InChI is InChI=1S/C19H25N3O2S/c1-15-9-11-16(12-10-15)25(23,24)22-14-5-4-8-18(22)17-7-6-13-20-19(17)21(2)3/h6-7,9-13,18H,4-5,8,14H2,1-3H3/t18-/m0/s1. The Morgan fingerprint density at radius 1 is 1.12 bits per heavy atom. The van der Waals surface area contributed by atoms with Crippen LogP contribution in [0.25, 0.3) is 0 Å². The molecule has 2 heterocycles. The average molecular weight is 359 g/mol. The van der Waals surface area contributed by atoms with E-state index in [0.29, 0.717) is 11.4 Å². The maximum Gasteiger partial charge on any atom is 0.243 e. The first-order valence-electron chi connectivity index (χ1n) is 8.62. The smallest absolute Gasteiger partial charge is 0.243 e. The molecule has 1 atom stereocenters. The van der Waals surface area contributed by atoms with Gasteiger partial charge in [-0.2, -0.15) is 4.31 Å². The molecule has 0 radical (unpaired) electrons. The first kappa shape index (κ1) is 17.9. The van der Waals surface area contributed by atoms with E-state index >= 15 is 0 Å². The summed E-state index contributed by atoms with van der Waals surface area (Å²) in [5.41, 5.74) is 2.03. The molecule has 0 unspecified atom stereocenters. The van der Waals surface area contributed by atoms with E-state index < -0.39 is 10.0 Å². The van der Waals surface area contributed by atoms with Crippen molar-refractivity contribution in [3.8, 4) is 0 Å². The first-order chi connectivity index (χ1) is 11.9. The van der Waals surface area contributed by atoms with Gasteiger partial charge in [0, 0.05) is 32.4 Å². The predicted molar refractivity (Wildman–Crippen MR) is 100 cm³/mol. The number of piperidine rings is 1. The maximum absolute atomic E-state index is 13.3. The number of benzene rings is 1. The monoisotopic (exact) mass is 359 g/mol. The molecule has 0 N–H and O–H groups in total. The molecule has 0 bridgehead atoms. The Labute approximate surface area is 150 Å². The minimum absolute atomic E-state index is 0.175. The summed E-state index contributed by atoms with van der Waals surface area (Å²) in [5.74, 6) is 0.832. The lowest BCUT2D eigenvalue weighted by molar-refractivity contribution is 0.256. The van der Waals surface area contributed by atoms with Crippen molar-refractivity contribution in [1.82, 2.24) is 9.29 Å². The van der Waals surface area contributed by atoms with Crippen molar-refractivity contribution in [3.05, 3.63) is 53.7 Å². The second-order valence-electron chi connectivity index (χ2n) is 6.75. The fraction of sp³-hybridized carbons (Fsp3) is 0.421. The summed E-state index contributed by atoms with van der Waals surface area (Å²) >= 11 is 0. The molecule has 3 rings (SSSR count). The van der Waals surface area contributed by atoms with Crippen LogP contribution in [0.4, 0.5) is 5.82 Å². The molecular formula is C19H25N3O2S. The Hall–Kier alpha value is -1.92. The van der Waals surface area contributed by atoms with E-state index in [9.17, 15) is 8.42 Å². The minimum atomic E-state index is -3.53. The van der Waals surface area contributed by atoms with E-state index in [1.54, 1.807) is 22.6 Å². The molecule has 0 spiro atoms. The van der Waals surface area contributed by atoms with Gasteiger partial charge in [-0.25, -0.2) is 13.4 Å². The van der Waals surface area contributed by atoms with Crippen molar-refractivity contribution in [2.75, 3.05) is 25.5 Å². The Morgan fingerprint density at radius 3 is 2.52 bits per heavy atom. The molecular weight excluding hydrogens is 334 g/mol. The van der Waals surface area contributed by atoms with Gasteiger partial charge in [0.1, 0.15) is 5.82 Å². The number of rotatable bonds is 4. The van der Waals surface area contributed by atoms with Gasteiger partial charge in [-0.3, -0.25) is 0 Å². The van der Waals surface area contributed by atoms with E-state index in [4.69, 9.17) is 0 Å². The highest BCUT2D eigenvalue weighted by Gasteiger charge is 2.35. The third-order valence-corrected chi connectivity index (χ3v) is 6.60. The summed E-state index contributed by atoms with van der Waals surface area (Å²) < 4.78 is 28.2. The molecule has 1 aromatic carbocycles. The topological polar surface area (TPSA) is 53.5 Å². The van der Waals surface area contributed by atoms with Crippen molar-refractivity contribution in [3.63, 3.8) is 0 Å². The van der Waals surface area contributed by atoms with Crippen molar-refractivity contribution < 1.29 is 8.42 Å². The molecule has 0 aliphatic carbocycles. The molecule has 134 valence electrons. The molecule has 1 aliphatic rings. The van der Waals surface area contributed by atoms with E-state index in [-0.39, 0.29) is 6.04 Å². The van der Waals surface area contributed by atoms with Gasteiger partial charge < -0.3 is 4.90 Å². The summed E-state index contributed by atoms with van der Waals surface area (Å²) in [6, 6.07) is 10.8. The average Bonchev–Trinajstić information content (AvgIpc) is 2.62. The summed E-state index contributed by atoms with van der Waals surface area (Å²) in [6.07, 6.45) is 4.48. The molecule has 2 aromatic rings. The highest BCUT2D eigenvalue weighted by molar-refractivity contribution is 7.89. The van der Waals surface area contributed by atoms with Crippen LogP contribution in [0.1, 0.15) is 36.4 Å². The summed E-state index contributed by atoms with van der Waals surface area (Å²) in [5, 5.41) is 0. The van der Waals surface area contributed by atoms with Gasteiger partial charge >= 0.3 is 0 Å². The van der Waals surface area contributed by atoms with Crippen LogP contribution in [0.5, 0.6) is 0 Å². The molecule has 1 aromatic heterocycles. The molecule has 5 nitrogen and oxygen atoms in total. The highest BCUT2D eigenvalue weighted by atomic mass is 32.2. The van der Waals surface area contributed by atoms with Crippen molar-refractivity contribution in [2.45, 2.75) is 37.1 Å². The van der Waals surface area contributed by atoms with Gasteiger partial charge in [-0.1, -0.05) is 30.2 Å². The van der Waals surface area contributed by atoms with Crippen LogP contribution in [0.3, 0.4) is 0 Å². The predicted octanol–water partition coefficient (Wildman–Crippen LogP) is 3.37. The number of anilines is 1. The SMILES string of the molecule is Cc1ccc(S(=O)(=O)N2CCCC[C@H]2c2cccnc2N(C)C)cc1. The molecule has 0 amide bonds. The maximum atomic E-state index is 13.3. The van der Waals surface area contributed by atoms with E-state index in [1.807, 2.05) is 50.2 Å². The molecule has 0 saturated carbocycles. The Balaban J connectivity index is 2.03. The number of sulfonamides is 1. The summed E-state index contributed by atoms with van der Waals surface area (Å²) in [6.45, 7) is 2.50. The second-order valence-corrected chi connectivity index (χ2v) is 8.64. The number of aromatic nitrogens is 1. The van der Waals surface area contributed by atoms with Crippen LogP contribution in [0.15, 0.2) is 47.5 Å². The normalized spacial score (nSPS) is 18.9. The zero-order valence-electron chi connectivity index (χ0n) is 15.0. The van der Waals surface area contributed by atoms with E-state index in [1.165, 1.54) is 0 Å². The minimum Gasteiger partial charge on any atom is -0.362 e. The van der Waals surface area contributed by atoms with Crippen molar-refractivity contribution in [1.29, 1.82) is 0 Å². The largest absolute Gasteiger partial charge is 0.362 e.